The van der Waals surface area contributed by atoms with Crippen molar-refractivity contribution >= 4 is 17.7 Å². The minimum Gasteiger partial charge on any atom is -0.356 e. The van der Waals surface area contributed by atoms with E-state index in [1.165, 1.54) is 0 Å². The molecule has 134 valence electrons. The molecule has 0 aromatic carbocycles. The Morgan fingerprint density at radius 1 is 0.826 bits per heavy atom. The van der Waals surface area contributed by atoms with Gasteiger partial charge in [0.25, 0.3) is 0 Å². The van der Waals surface area contributed by atoms with Crippen LogP contribution in [0.25, 0.3) is 0 Å². The molecule has 0 aromatic rings. The summed E-state index contributed by atoms with van der Waals surface area (Å²) in [6, 6.07) is 0. The number of nitrogens with zero attached hydrogens (tertiary/aromatic N) is 2. The Bertz CT molecular complexity index is 370. The van der Waals surface area contributed by atoms with E-state index >= 15 is 0 Å². The summed E-state index contributed by atoms with van der Waals surface area (Å²) < 4.78 is 0. The van der Waals surface area contributed by atoms with E-state index in [1.54, 1.807) is 30.9 Å². The number of hydrogen-bond donors (Lipinski definition) is 1. The van der Waals surface area contributed by atoms with Crippen molar-refractivity contribution in [3.63, 3.8) is 0 Å². The lowest BCUT2D eigenvalue weighted by Gasteiger charge is -2.17. The fraction of sp³-hybridized carbons (Fsp3) is 0.824. The van der Waals surface area contributed by atoms with Gasteiger partial charge in [-0.25, -0.2) is 0 Å². The summed E-state index contributed by atoms with van der Waals surface area (Å²) in [7, 11) is 5.22. The van der Waals surface area contributed by atoms with E-state index in [4.69, 9.17) is 0 Å². The van der Waals surface area contributed by atoms with Crippen LogP contribution in [0.1, 0.15) is 58.3 Å². The molecule has 23 heavy (non-hydrogen) atoms. The maximum absolute atomic E-state index is 11.9. The Labute approximate surface area is 140 Å². The summed E-state index contributed by atoms with van der Waals surface area (Å²) in [5.74, 6) is 0.209. The van der Waals surface area contributed by atoms with Crippen molar-refractivity contribution < 1.29 is 14.4 Å². The molecule has 6 heteroatoms. The van der Waals surface area contributed by atoms with Crippen molar-refractivity contribution in [2.45, 2.75) is 58.3 Å². The summed E-state index contributed by atoms with van der Waals surface area (Å²) >= 11 is 0. The first kappa shape index (κ1) is 21.4. The Balaban J connectivity index is 3.68. The van der Waals surface area contributed by atoms with Crippen LogP contribution >= 0.6 is 0 Å². The van der Waals surface area contributed by atoms with Crippen molar-refractivity contribution in [3.8, 4) is 0 Å². The Hall–Kier alpha value is -1.59. The highest BCUT2D eigenvalue weighted by molar-refractivity contribution is 5.77. The van der Waals surface area contributed by atoms with Gasteiger partial charge in [-0.3, -0.25) is 14.4 Å². The predicted molar refractivity (Wildman–Crippen MR) is 92.0 cm³/mol. The third kappa shape index (κ3) is 11.6. The molecule has 0 fully saturated rings. The van der Waals surface area contributed by atoms with Gasteiger partial charge in [0.2, 0.25) is 17.7 Å². The molecule has 0 aliphatic carbocycles. The standard InChI is InChI=1S/C17H33N3O3/c1-5-6-7-10-15(21)18-13-8-11-17(23)20(4)14-9-12-16(22)19(2)3/h5-14H2,1-4H3,(H,18,21). The van der Waals surface area contributed by atoms with Gasteiger partial charge in [0, 0.05) is 53.5 Å². The molecule has 0 saturated carbocycles. The zero-order chi connectivity index (χ0) is 17.7. The maximum Gasteiger partial charge on any atom is 0.222 e. The highest BCUT2D eigenvalue weighted by atomic mass is 16.2. The largest absolute Gasteiger partial charge is 0.356 e. The van der Waals surface area contributed by atoms with Gasteiger partial charge in [0.05, 0.1) is 0 Å². The average Bonchev–Trinajstić information content (AvgIpc) is 2.51. The van der Waals surface area contributed by atoms with Gasteiger partial charge in [0.1, 0.15) is 0 Å². The van der Waals surface area contributed by atoms with Crippen molar-refractivity contribution in [2.75, 3.05) is 34.2 Å². The first-order valence-electron chi connectivity index (χ1n) is 8.59. The molecule has 1 N–H and O–H groups in total. The second-order valence-corrected chi connectivity index (χ2v) is 6.12. The summed E-state index contributed by atoms with van der Waals surface area (Å²) in [5, 5.41) is 2.85. The fourth-order valence-electron chi connectivity index (χ4n) is 2.10. The Kier molecular flexibility index (Phi) is 12.0. The van der Waals surface area contributed by atoms with Gasteiger partial charge in [-0.1, -0.05) is 19.8 Å². The first-order valence-corrected chi connectivity index (χ1v) is 8.59. The van der Waals surface area contributed by atoms with Crippen LogP contribution in [0.3, 0.4) is 0 Å². The lowest BCUT2D eigenvalue weighted by Crippen LogP contribution is -2.30. The van der Waals surface area contributed by atoms with Crippen molar-refractivity contribution in [1.29, 1.82) is 0 Å². The van der Waals surface area contributed by atoms with E-state index in [2.05, 4.69) is 12.2 Å². The fourth-order valence-corrected chi connectivity index (χ4v) is 2.10. The lowest BCUT2D eigenvalue weighted by atomic mass is 10.2. The normalized spacial score (nSPS) is 10.3. The third-order valence-electron chi connectivity index (χ3n) is 3.71. The molecule has 0 aliphatic rings. The lowest BCUT2D eigenvalue weighted by molar-refractivity contribution is -0.132. The molecule has 6 nitrogen and oxygen atoms in total. The average molecular weight is 327 g/mol. The summed E-state index contributed by atoms with van der Waals surface area (Å²) in [4.78, 5) is 38.1. The van der Waals surface area contributed by atoms with E-state index in [-0.39, 0.29) is 17.7 Å². The summed E-state index contributed by atoms with van der Waals surface area (Å²) in [6.45, 7) is 3.24. The van der Waals surface area contributed by atoms with Crippen LogP contribution in [0.15, 0.2) is 0 Å². The van der Waals surface area contributed by atoms with E-state index in [9.17, 15) is 14.4 Å². The highest BCUT2D eigenvalue weighted by Crippen LogP contribution is 2.01. The minimum absolute atomic E-state index is 0.0579. The quantitative estimate of drug-likeness (QED) is 0.556. The molecule has 0 heterocycles. The van der Waals surface area contributed by atoms with Gasteiger partial charge in [-0.05, 0) is 19.3 Å². The Morgan fingerprint density at radius 2 is 1.48 bits per heavy atom. The molecule has 3 amide bonds. The SMILES string of the molecule is CCCCCC(=O)NCCCC(=O)N(C)CCCC(=O)N(C)C. The van der Waals surface area contributed by atoms with Crippen LogP contribution < -0.4 is 5.32 Å². The minimum atomic E-state index is 0.0579. The Morgan fingerprint density at radius 3 is 2.09 bits per heavy atom. The molecule has 0 rings (SSSR count). The zero-order valence-corrected chi connectivity index (χ0v) is 15.2. The molecule has 0 unspecified atom stereocenters. The van der Waals surface area contributed by atoms with E-state index in [0.29, 0.717) is 45.2 Å². The van der Waals surface area contributed by atoms with Crippen LogP contribution in [-0.2, 0) is 14.4 Å². The van der Waals surface area contributed by atoms with Crippen molar-refractivity contribution in [3.05, 3.63) is 0 Å². The third-order valence-corrected chi connectivity index (χ3v) is 3.71. The number of unbranched alkanes of at least 4 members (excludes halogenated alkanes) is 2. The summed E-state index contributed by atoms with van der Waals surface area (Å²) in [6.07, 6.45) is 5.89. The van der Waals surface area contributed by atoms with Gasteiger partial charge in [-0.2, -0.15) is 0 Å². The molecule has 0 spiro atoms. The topological polar surface area (TPSA) is 69.7 Å². The molecule has 0 atom stereocenters. The number of nitrogens with one attached hydrogen (secondary N) is 1. The number of amides is 3. The van der Waals surface area contributed by atoms with E-state index < -0.39 is 0 Å². The molecule has 0 saturated heterocycles. The van der Waals surface area contributed by atoms with Gasteiger partial charge >= 0.3 is 0 Å². The van der Waals surface area contributed by atoms with Gasteiger partial charge < -0.3 is 15.1 Å². The van der Waals surface area contributed by atoms with Crippen LogP contribution in [-0.4, -0.2) is 61.8 Å². The number of carbonyl (C=O) groups is 3. The summed E-state index contributed by atoms with van der Waals surface area (Å²) in [5.41, 5.74) is 0. The molecule has 0 aromatic heterocycles. The van der Waals surface area contributed by atoms with Crippen molar-refractivity contribution in [1.82, 2.24) is 15.1 Å². The monoisotopic (exact) mass is 327 g/mol. The van der Waals surface area contributed by atoms with Crippen LogP contribution in [0.5, 0.6) is 0 Å². The first-order chi connectivity index (χ1) is 10.9. The molecular formula is C17H33N3O3. The van der Waals surface area contributed by atoms with Crippen LogP contribution in [0, 0.1) is 0 Å². The second-order valence-electron chi connectivity index (χ2n) is 6.12. The maximum atomic E-state index is 11.9. The number of hydrogen-bond acceptors (Lipinski definition) is 3. The molecule has 0 radical (unpaired) electrons. The number of carbonyl (C=O) groups excluding carboxylic acids is 3. The highest BCUT2D eigenvalue weighted by Gasteiger charge is 2.10. The molecule has 0 bridgehead atoms. The van der Waals surface area contributed by atoms with Gasteiger partial charge in [-0.15, -0.1) is 0 Å². The number of rotatable bonds is 12. The zero-order valence-electron chi connectivity index (χ0n) is 15.2. The van der Waals surface area contributed by atoms with Crippen molar-refractivity contribution in [2.24, 2.45) is 0 Å². The predicted octanol–water partition coefficient (Wildman–Crippen LogP) is 1.79. The van der Waals surface area contributed by atoms with E-state index in [0.717, 1.165) is 19.3 Å². The smallest absolute Gasteiger partial charge is 0.222 e. The second kappa shape index (κ2) is 12.9. The van der Waals surface area contributed by atoms with Gasteiger partial charge in [0.15, 0.2) is 0 Å². The molecular weight excluding hydrogens is 294 g/mol. The van der Waals surface area contributed by atoms with Crippen LogP contribution in [0.4, 0.5) is 0 Å². The van der Waals surface area contributed by atoms with Crippen LogP contribution in [0.2, 0.25) is 0 Å². The van der Waals surface area contributed by atoms with E-state index in [1.807, 2.05) is 0 Å². The molecule has 0 aliphatic heterocycles.